The number of hydrogen-bond donors (Lipinski definition) is 1. The zero-order valence-corrected chi connectivity index (χ0v) is 29.0. The van der Waals surface area contributed by atoms with Gasteiger partial charge in [0.25, 0.3) is 0 Å². The number of H-pyrrole nitrogens is 1. The number of benzene rings is 10. The molecule has 0 saturated heterocycles. The summed E-state index contributed by atoms with van der Waals surface area (Å²) in [5.41, 5.74) is 12.2. The van der Waals surface area contributed by atoms with Gasteiger partial charge in [-0.05, 0) is 94.3 Å². The van der Waals surface area contributed by atoms with Crippen LogP contribution in [0.4, 0.5) is 0 Å². The largest absolute Gasteiger partial charge is 0.354 e. The van der Waals surface area contributed by atoms with E-state index in [0.29, 0.717) is 0 Å². The van der Waals surface area contributed by atoms with Crippen LogP contribution < -0.4 is 0 Å². The van der Waals surface area contributed by atoms with Gasteiger partial charge >= 0.3 is 0 Å². The summed E-state index contributed by atoms with van der Waals surface area (Å²) in [5, 5.41) is 12.7. The Morgan fingerprint density at radius 2 is 0.755 bits per heavy atom. The molecule has 10 aromatic carbocycles. The van der Waals surface area contributed by atoms with Gasteiger partial charge in [-0.15, -0.1) is 0 Å². The molecule has 0 bridgehead atoms. The predicted octanol–water partition coefficient (Wildman–Crippen LogP) is 14.6. The van der Waals surface area contributed by atoms with E-state index in [1.165, 1.54) is 104 Å². The second kappa shape index (κ2) is 11.8. The first-order valence-electron chi connectivity index (χ1n) is 18.4. The van der Waals surface area contributed by atoms with Crippen LogP contribution in [0, 0.1) is 0 Å². The third kappa shape index (κ3) is 4.58. The Balaban J connectivity index is 1.12. The van der Waals surface area contributed by atoms with Crippen molar-refractivity contribution in [1.29, 1.82) is 0 Å². The lowest BCUT2D eigenvalue weighted by atomic mass is 9.83. The number of fused-ring (bicyclic) bond motifs is 10. The van der Waals surface area contributed by atoms with Crippen molar-refractivity contribution in [2.24, 2.45) is 0 Å². The van der Waals surface area contributed by atoms with Crippen LogP contribution in [0.2, 0.25) is 0 Å². The molecular weight excluding hydrogens is 639 g/mol. The Labute approximate surface area is 307 Å². The van der Waals surface area contributed by atoms with Gasteiger partial charge in [0.1, 0.15) is 0 Å². The molecular formula is C52H33N. The van der Waals surface area contributed by atoms with Crippen LogP contribution in [0.25, 0.3) is 109 Å². The van der Waals surface area contributed by atoms with Crippen molar-refractivity contribution in [3.05, 3.63) is 194 Å². The first-order chi connectivity index (χ1) is 26.3. The molecule has 1 aromatic heterocycles. The monoisotopic (exact) mass is 671 g/mol. The van der Waals surface area contributed by atoms with Gasteiger partial charge in [-0.3, -0.25) is 0 Å². The fraction of sp³-hybridized carbons (Fsp3) is 0. The van der Waals surface area contributed by atoms with Crippen molar-refractivity contribution in [2.45, 2.75) is 0 Å². The molecule has 0 saturated carbocycles. The van der Waals surface area contributed by atoms with Gasteiger partial charge in [-0.2, -0.15) is 0 Å². The quantitative estimate of drug-likeness (QED) is 0.142. The minimum atomic E-state index is 1.15. The van der Waals surface area contributed by atoms with Crippen LogP contribution in [0.1, 0.15) is 0 Å². The summed E-state index contributed by atoms with van der Waals surface area (Å²) in [6.45, 7) is 0. The smallest absolute Gasteiger partial charge is 0.0551 e. The molecule has 1 nitrogen and oxygen atoms in total. The van der Waals surface area contributed by atoms with Gasteiger partial charge < -0.3 is 4.98 Å². The van der Waals surface area contributed by atoms with Gasteiger partial charge in [-0.1, -0.05) is 182 Å². The zero-order valence-electron chi connectivity index (χ0n) is 29.0. The molecule has 11 rings (SSSR count). The molecule has 0 fully saturated rings. The van der Waals surface area contributed by atoms with Crippen LogP contribution in [0.3, 0.4) is 0 Å². The van der Waals surface area contributed by atoms with Crippen molar-refractivity contribution in [3.63, 3.8) is 0 Å². The van der Waals surface area contributed by atoms with Crippen LogP contribution in [0.5, 0.6) is 0 Å². The highest BCUT2D eigenvalue weighted by Crippen LogP contribution is 2.47. The Hall–Kier alpha value is -6.96. The Kier molecular flexibility index (Phi) is 6.62. The minimum Gasteiger partial charge on any atom is -0.354 e. The van der Waals surface area contributed by atoms with E-state index >= 15 is 0 Å². The van der Waals surface area contributed by atoms with Crippen molar-refractivity contribution >= 4 is 64.9 Å². The lowest BCUT2D eigenvalue weighted by molar-refractivity contribution is 1.55. The number of rotatable bonds is 4. The third-order valence-electron chi connectivity index (χ3n) is 11.2. The summed E-state index contributed by atoms with van der Waals surface area (Å²) in [6, 6.07) is 71.1. The SMILES string of the molecule is c1ccc(-c2ccccc2-c2c3ccccc3c(-c3cccc(-c4ccc5c(c4)[nH]c4c6ccccc6c6ccccc6c54)c3)c3ccccc23)cc1. The summed E-state index contributed by atoms with van der Waals surface area (Å²) in [7, 11) is 0. The molecule has 0 aliphatic rings. The van der Waals surface area contributed by atoms with E-state index in [1.807, 2.05) is 0 Å². The second-order valence-electron chi connectivity index (χ2n) is 14.1. The average molecular weight is 672 g/mol. The van der Waals surface area contributed by atoms with E-state index in [9.17, 15) is 0 Å². The molecule has 246 valence electrons. The Morgan fingerprint density at radius 3 is 1.45 bits per heavy atom. The van der Waals surface area contributed by atoms with Gasteiger partial charge in [-0.25, -0.2) is 0 Å². The first kappa shape index (κ1) is 29.7. The average Bonchev–Trinajstić information content (AvgIpc) is 3.63. The maximum absolute atomic E-state index is 3.86. The lowest BCUT2D eigenvalue weighted by Gasteiger charge is -2.20. The minimum absolute atomic E-state index is 1.15. The van der Waals surface area contributed by atoms with E-state index in [0.717, 1.165) is 5.52 Å². The molecule has 1 heteroatoms. The van der Waals surface area contributed by atoms with E-state index in [-0.39, 0.29) is 0 Å². The topological polar surface area (TPSA) is 15.8 Å². The molecule has 1 N–H and O–H groups in total. The van der Waals surface area contributed by atoms with Gasteiger partial charge in [0.15, 0.2) is 0 Å². The van der Waals surface area contributed by atoms with E-state index in [4.69, 9.17) is 0 Å². The normalized spacial score (nSPS) is 11.8. The van der Waals surface area contributed by atoms with Crippen LogP contribution in [0.15, 0.2) is 194 Å². The Morgan fingerprint density at radius 1 is 0.264 bits per heavy atom. The predicted molar refractivity (Wildman–Crippen MR) is 228 cm³/mol. The van der Waals surface area contributed by atoms with Gasteiger partial charge in [0, 0.05) is 21.7 Å². The number of aromatic nitrogens is 1. The van der Waals surface area contributed by atoms with E-state index in [1.54, 1.807) is 0 Å². The summed E-state index contributed by atoms with van der Waals surface area (Å²) < 4.78 is 0. The third-order valence-corrected chi connectivity index (χ3v) is 11.2. The molecule has 0 amide bonds. The van der Waals surface area contributed by atoms with E-state index < -0.39 is 0 Å². The highest BCUT2D eigenvalue weighted by molar-refractivity contribution is 6.31. The molecule has 0 unspecified atom stereocenters. The summed E-state index contributed by atoms with van der Waals surface area (Å²) in [5.74, 6) is 0. The van der Waals surface area contributed by atoms with Gasteiger partial charge in [0.2, 0.25) is 0 Å². The maximum Gasteiger partial charge on any atom is 0.0551 e. The Bertz CT molecular complexity index is 3160. The zero-order chi connectivity index (χ0) is 34.9. The summed E-state index contributed by atoms with van der Waals surface area (Å²) in [6.07, 6.45) is 0. The second-order valence-corrected chi connectivity index (χ2v) is 14.1. The molecule has 53 heavy (non-hydrogen) atoms. The standard InChI is InChI=1S/C52H33N/c1-2-15-33(16-3-1)37-19-4-7-22-40(37)50-44-26-11-9-24-42(44)49(43-25-10-12-27-45(43)50)36-18-14-17-34(31-36)35-29-30-47-48(32-35)53-52-46-28-13-6-21-39(46)38-20-5-8-23-41(38)51(47)52/h1-32,53H. The van der Waals surface area contributed by atoms with Crippen LogP contribution in [-0.2, 0) is 0 Å². The number of aromatic amines is 1. The molecule has 0 spiro atoms. The molecule has 0 atom stereocenters. The molecule has 11 aromatic rings. The van der Waals surface area contributed by atoms with Crippen LogP contribution in [-0.4, -0.2) is 4.98 Å². The molecule has 0 aliphatic carbocycles. The molecule has 0 aliphatic heterocycles. The van der Waals surface area contributed by atoms with Crippen LogP contribution >= 0.6 is 0 Å². The van der Waals surface area contributed by atoms with Crippen molar-refractivity contribution in [3.8, 4) is 44.5 Å². The summed E-state index contributed by atoms with van der Waals surface area (Å²) in [4.78, 5) is 3.86. The van der Waals surface area contributed by atoms with Crippen molar-refractivity contribution in [1.82, 2.24) is 4.98 Å². The fourth-order valence-electron chi connectivity index (χ4n) is 8.89. The molecule has 0 radical (unpaired) electrons. The molecule has 1 heterocycles. The van der Waals surface area contributed by atoms with Crippen molar-refractivity contribution in [2.75, 3.05) is 0 Å². The highest BCUT2D eigenvalue weighted by Gasteiger charge is 2.19. The highest BCUT2D eigenvalue weighted by atomic mass is 14.7. The fourth-order valence-corrected chi connectivity index (χ4v) is 8.89. The maximum atomic E-state index is 3.86. The van der Waals surface area contributed by atoms with E-state index in [2.05, 4.69) is 199 Å². The van der Waals surface area contributed by atoms with Gasteiger partial charge in [0.05, 0.1) is 5.52 Å². The first-order valence-corrected chi connectivity index (χ1v) is 18.4. The number of nitrogens with one attached hydrogen (secondary N) is 1. The van der Waals surface area contributed by atoms with Crippen molar-refractivity contribution < 1.29 is 0 Å². The lowest BCUT2D eigenvalue weighted by Crippen LogP contribution is -1.93. The summed E-state index contributed by atoms with van der Waals surface area (Å²) >= 11 is 0. The number of hydrogen-bond acceptors (Lipinski definition) is 0.